The lowest BCUT2D eigenvalue weighted by Gasteiger charge is -2.17. The van der Waals surface area contributed by atoms with Crippen molar-refractivity contribution in [2.45, 2.75) is 32.2 Å². The van der Waals surface area contributed by atoms with Gasteiger partial charge in [-0.2, -0.15) is 0 Å². The van der Waals surface area contributed by atoms with Crippen LogP contribution in [0.4, 0.5) is 5.69 Å². The molecule has 98 valence electrons. The van der Waals surface area contributed by atoms with Gasteiger partial charge in [-0.1, -0.05) is 55.5 Å². The third-order valence-electron chi connectivity index (χ3n) is 4.07. The van der Waals surface area contributed by atoms with E-state index in [0.29, 0.717) is 6.04 Å². The number of hydrogen-bond acceptors (Lipinski definition) is 1. The van der Waals surface area contributed by atoms with Gasteiger partial charge in [-0.3, -0.25) is 0 Å². The van der Waals surface area contributed by atoms with Gasteiger partial charge in [0, 0.05) is 17.3 Å². The van der Waals surface area contributed by atoms with Crippen LogP contribution in [0, 0.1) is 5.92 Å². The molecule has 0 spiro atoms. The summed E-state index contributed by atoms with van der Waals surface area (Å²) >= 11 is 0. The van der Waals surface area contributed by atoms with Gasteiger partial charge in [0.2, 0.25) is 0 Å². The molecule has 1 heteroatoms. The van der Waals surface area contributed by atoms with Gasteiger partial charge in [-0.15, -0.1) is 0 Å². The van der Waals surface area contributed by atoms with Crippen molar-refractivity contribution in [2.75, 3.05) is 5.32 Å². The first-order chi connectivity index (χ1) is 9.33. The fraction of sp³-hybridized carbons (Fsp3) is 0.333. The zero-order valence-electron chi connectivity index (χ0n) is 11.5. The number of rotatable bonds is 3. The highest BCUT2D eigenvalue weighted by Crippen LogP contribution is 2.32. The summed E-state index contributed by atoms with van der Waals surface area (Å²) in [6.45, 7) is 2.35. The standard InChI is InChI=1S/C18H21N/c1-14-11-12-16(13-14)19-18-10-6-5-9-17(18)15-7-3-2-4-8-15/h2-10,14,16,19H,11-13H2,1H3. The summed E-state index contributed by atoms with van der Waals surface area (Å²) in [6.07, 6.45) is 3.94. The monoisotopic (exact) mass is 251 g/mol. The van der Waals surface area contributed by atoms with E-state index in [1.807, 2.05) is 0 Å². The van der Waals surface area contributed by atoms with E-state index in [-0.39, 0.29) is 0 Å². The van der Waals surface area contributed by atoms with Crippen molar-refractivity contribution >= 4 is 5.69 Å². The summed E-state index contributed by atoms with van der Waals surface area (Å²) < 4.78 is 0. The minimum Gasteiger partial charge on any atom is -0.382 e. The number of anilines is 1. The van der Waals surface area contributed by atoms with Gasteiger partial charge < -0.3 is 5.32 Å². The number of benzene rings is 2. The summed E-state index contributed by atoms with van der Waals surface area (Å²) in [5.41, 5.74) is 3.87. The molecule has 1 aliphatic rings. The first-order valence-electron chi connectivity index (χ1n) is 7.24. The third kappa shape index (κ3) is 2.81. The van der Waals surface area contributed by atoms with E-state index in [1.165, 1.54) is 36.1 Å². The van der Waals surface area contributed by atoms with E-state index in [1.54, 1.807) is 0 Å². The van der Waals surface area contributed by atoms with Crippen molar-refractivity contribution in [1.29, 1.82) is 0 Å². The normalized spacial score (nSPS) is 22.4. The Kier molecular flexibility index (Phi) is 3.54. The van der Waals surface area contributed by atoms with Crippen LogP contribution in [0.1, 0.15) is 26.2 Å². The Bertz CT molecular complexity index is 532. The molecule has 0 bridgehead atoms. The van der Waals surface area contributed by atoms with Crippen LogP contribution in [0.15, 0.2) is 54.6 Å². The van der Waals surface area contributed by atoms with Gasteiger partial charge in [-0.25, -0.2) is 0 Å². The number of para-hydroxylation sites is 1. The lowest BCUT2D eigenvalue weighted by molar-refractivity contribution is 0.602. The van der Waals surface area contributed by atoms with Crippen LogP contribution in [0.2, 0.25) is 0 Å². The molecule has 2 atom stereocenters. The second-order valence-corrected chi connectivity index (χ2v) is 5.67. The van der Waals surface area contributed by atoms with E-state index < -0.39 is 0 Å². The summed E-state index contributed by atoms with van der Waals surface area (Å²) in [5.74, 6) is 0.862. The minimum absolute atomic E-state index is 0.639. The van der Waals surface area contributed by atoms with E-state index in [9.17, 15) is 0 Å². The van der Waals surface area contributed by atoms with Crippen molar-refractivity contribution in [3.8, 4) is 11.1 Å². The summed E-state index contributed by atoms with van der Waals surface area (Å²) in [4.78, 5) is 0. The van der Waals surface area contributed by atoms with Crippen LogP contribution in [0.3, 0.4) is 0 Å². The van der Waals surface area contributed by atoms with Crippen molar-refractivity contribution < 1.29 is 0 Å². The average molecular weight is 251 g/mol. The second-order valence-electron chi connectivity index (χ2n) is 5.67. The maximum Gasteiger partial charge on any atom is 0.0422 e. The van der Waals surface area contributed by atoms with Crippen LogP contribution in [0.25, 0.3) is 11.1 Å². The van der Waals surface area contributed by atoms with Gasteiger partial charge in [-0.05, 0) is 36.8 Å². The largest absolute Gasteiger partial charge is 0.382 e. The van der Waals surface area contributed by atoms with Crippen LogP contribution >= 0.6 is 0 Å². The predicted molar refractivity (Wildman–Crippen MR) is 82.3 cm³/mol. The summed E-state index contributed by atoms with van der Waals surface area (Å²) in [6, 6.07) is 19.9. The molecule has 1 saturated carbocycles. The first kappa shape index (κ1) is 12.3. The smallest absolute Gasteiger partial charge is 0.0422 e. The fourth-order valence-electron chi connectivity index (χ4n) is 3.04. The highest BCUT2D eigenvalue weighted by molar-refractivity contribution is 5.77. The molecule has 1 nitrogen and oxygen atoms in total. The quantitative estimate of drug-likeness (QED) is 0.813. The maximum atomic E-state index is 3.74. The molecular formula is C18H21N. The molecule has 19 heavy (non-hydrogen) atoms. The minimum atomic E-state index is 0.639. The molecule has 1 fully saturated rings. The Morgan fingerprint density at radius 2 is 1.63 bits per heavy atom. The zero-order valence-corrected chi connectivity index (χ0v) is 11.5. The first-order valence-corrected chi connectivity index (χ1v) is 7.24. The van der Waals surface area contributed by atoms with Gasteiger partial charge in [0.1, 0.15) is 0 Å². The maximum absolute atomic E-state index is 3.74. The van der Waals surface area contributed by atoms with E-state index >= 15 is 0 Å². The Balaban J connectivity index is 1.86. The van der Waals surface area contributed by atoms with Crippen LogP contribution in [0.5, 0.6) is 0 Å². The fourth-order valence-corrected chi connectivity index (χ4v) is 3.04. The molecule has 1 N–H and O–H groups in total. The Morgan fingerprint density at radius 1 is 0.895 bits per heavy atom. The molecule has 2 unspecified atom stereocenters. The highest BCUT2D eigenvalue weighted by Gasteiger charge is 2.21. The molecule has 0 amide bonds. The topological polar surface area (TPSA) is 12.0 Å². The average Bonchev–Trinajstić information content (AvgIpc) is 2.86. The lowest BCUT2D eigenvalue weighted by Crippen LogP contribution is -2.15. The third-order valence-corrected chi connectivity index (χ3v) is 4.07. The molecule has 2 aromatic carbocycles. The van der Waals surface area contributed by atoms with E-state index in [4.69, 9.17) is 0 Å². The predicted octanol–water partition coefficient (Wildman–Crippen LogP) is 4.95. The molecule has 0 heterocycles. The molecule has 1 aliphatic carbocycles. The van der Waals surface area contributed by atoms with Gasteiger partial charge in [0.25, 0.3) is 0 Å². The Labute approximate surface area is 115 Å². The van der Waals surface area contributed by atoms with E-state index in [0.717, 1.165) is 5.92 Å². The van der Waals surface area contributed by atoms with Crippen LogP contribution in [-0.2, 0) is 0 Å². The van der Waals surface area contributed by atoms with Crippen molar-refractivity contribution in [1.82, 2.24) is 0 Å². The summed E-state index contributed by atoms with van der Waals surface area (Å²) in [5, 5.41) is 3.74. The van der Waals surface area contributed by atoms with Crippen molar-refractivity contribution in [3.63, 3.8) is 0 Å². The molecular weight excluding hydrogens is 230 g/mol. The Morgan fingerprint density at radius 3 is 2.37 bits per heavy atom. The van der Waals surface area contributed by atoms with Gasteiger partial charge >= 0.3 is 0 Å². The van der Waals surface area contributed by atoms with Gasteiger partial charge in [0.05, 0.1) is 0 Å². The van der Waals surface area contributed by atoms with Crippen LogP contribution < -0.4 is 5.32 Å². The molecule has 0 saturated heterocycles. The molecule has 0 aromatic heterocycles. The van der Waals surface area contributed by atoms with Crippen molar-refractivity contribution in [3.05, 3.63) is 54.6 Å². The number of nitrogens with one attached hydrogen (secondary N) is 1. The van der Waals surface area contributed by atoms with E-state index in [2.05, 4.69) is 66.8 Å². The highest BCUT2D eigenvalue weighted by atomic mass is 14.9. The molecule has 2 aromatic rings. The molecule has 3 rings (SSSR count). The number of hydrogen-bond donors (Lipinski definition) is 1. The van der Waals surface area contributed by atoms with Gasteiger partial charge in [0.15, 0.2) is 0 Å². The second kappa shape index (κ2) is 5.48. The zero-order chi connectivity index (χ0) is 13.1. The van der Waals surface area contributed by atoms with Crippen LogP contribution in [-0.4, -0.2) is 6.04 Å². The van der Waals surface area contributed by atoms with Crippen molar-refractivity contribution in [2.24, 2.45) is 5.92 Å². The molecule has 0 radical (unpaired) electrons. The Hall–Kier alpha value is -1.76. The SMILES string of the molecule is CC1CCC(Nc2ccccc2-c2ccccc2)C1. The molecule has 0 aliphatic heterocycles. The lowest BCUT2D eigenvalue weighted by atomic mass is 10.0. The summed E-state index contributed by atoms with van der Waals surface area (Å²) in [7, 11) is 0.